The predicted octanol–water partition coefficient (Wildman–Crippen LogP) is 0.173. The van der Waals surface area contributed by atoms with E-state index in [2.05, 4.69) is 0 Å². The number of amides is 1. The lowest BCUT2D eigenvalue weighted by atomic mass is 10.1. The van der Waals surface area contributed by atoms with Crippen LogP contribution in [0.4, 0.5) is 0 Å². The highest BCUT2D eigenvalue weighted by Crippen LogP contribution is 2.36. The van der Waals surface area contributed by atoms with Gasteiger partial charge in [0.15, 0.2) is 0 Å². The first-order chi connectivity index (χ1) is 7.99. The molecule has 0 spiro atoms. The number of carbonyl (C=O) groups excluding carboxylic acids is 1. The van der Waals surface area contributed by atoms with Crippen molar-refractivity contribution in [3.63, 3.8) is 0 Å². The van der Waals surface area contributed by atoms with Gasteiger partial charge in [0.1, 0.15) is 6.04 Å². The Labute approximate surface area is 98.2 Å². The number of aliphatic carboxylic acids is 2. The molecule has 1 saturated carbocycles. The second kappa shape index (κ2) is 4.35. The fraction of sp³-hybridized carbons (Fsp3) is 0.727. The smallest absolute Gasteiger partial charge is 0.326 e. The normalized spacial score (nSPS) is 26.0. The minimum Gasteiger partial charge on any atom is -0.481 e. The Morgan fingerprint density at radius 1 is 1.35 bits per heavy atom. The molecule has 0 aromatic carbocycles. The third-order valence-electron chi connectivity index (χ3n) is 3.42. The second-order valence-corrected chi connectivity index (χ2v) is 4.82. The average Bonchev–Trinajstić information content (AvgIpc) is 2.97. The summed E-state index contributed by atoms with van der Waals surface area (Å²) < 4.78 is 0. The molecular formula is C11H15NO5. The van der Waals surface area contributed by atoms with E-state index in [0.717, 1.165) is 12.8 Å². The largest absolute Gasteiger partial charge is 0.481 e. The van der Waals surface area contributed by atoms with E-state index < -0.39 is 23.9 Å². The molecular weight excluding hydrogens is 226 g/mol. The van der Waals surface area contributed by atoms with Crippen LogP contribution in [0.1, 0.15) is 25.7 Å². The lowest BCUT2D eigenvalue weighted by Gasteiger charge is -2.24. The lowest BCUT2D eigenvalue weighted by molar-refractivity contribution is -0.149. The van der Waals surface area contributed by atoms with Crippen LogP contribution in [-0.2, 0) is 14.4 Å². The van der Waals surface area contributed by atoms with E-state index in [0.29, 0.717) is 12.3 Å². The number of carbonyl (C=O) groups is 3. The molecule has 94 valence electrons. The van der Waals surface area contributed by atoms with Gasteiger partial charge in [-0.25, -0.2) is 4.79 Å². The quantitative estimate of drug-likeness (QED) is 0.715. The van der Waals surface area contributed by atoms with Gasteiger partial charge in [-0.1, -0.05) is 12.8 Å². The zero-order chi connectivity index (χ0) is 12.6. The Bertz CT molecular complexity index is 363. The molecule has 1 aliphatic carbocycles. The zero-order valence-corrected chi connectivity index (χ0v) is 9.33. The maximum Gasteiger partial charge on any atom is 0.326 e. The second-order valence-electron chi connectivity index (χ2n) is 4.82. The van der Waals surface area contributed by atoms with Crippen molar-refractivity contribution < 1.29 is 24.6 Å². The topological polar surface area (TPSA) is 94.9 Å². The van der Waals surface area contributed by atoms with Gasteiger partial charge in [0.05, 0.1) is 5.92 Å². The van der Waals surface area contributed by atoms with Crippen LogP contribution >= 0.6 is 0 Å². The number of likely N-dealkylation sites (tertiary alicyclic amines) is 1. The molecule has 0 aromatic rings. The minimum absolute atomic E-state index is 0.0256. The van der Waals surface area contributed by atoms with Gasteiger partial charge < -0.3 is 15.1 Å². The number of hydrogen-bond donors (Lipinski definition) is 2. The molecule has 0 bridgehead atoms. The number of hydrogen-bond acceptors (Lipinski definition) is 3. The molecule has 2 rings (SSSR count). The van der Waals surface area contributed by atoms with Crippen LogP contribution in [0.3, 0.4) is 0 Å². The van der Waals surface area contributed by atoms with Gasteiger partial charge in [-0.2, -0.15) is 0 Å². The summed E-state index contributed by atoms with van der Waals surface area (Å²) in [5.74, 6) is -2.80. The van der Waals surface area contributed by atoms with Crippen LogP contribution in [-0.4, -0.2) is 45.5 Å². The molecule has 2 unspecified atom stereocenters. The van der Waals surface area contributed by atoms with E-state index in [-0.39, 0.29) is 18.9 Å². The van der Waals surface area contributed by atoms with Gasteiger partial charge in [-0.3, -0.25) is 9.59 Å². The molecule has 1 amide bonds. The highest BCUT2D eigenvalue weighted by molar-refractivity contribution is 5.89. The summed E-state index contributed by atoms with van der Waals surface area (Å²) in [7, 11) is 0. The highest BCUT2D eigenvalue weighted by atomic mass is 16.4. The van der Waals surface area contributed by atoms with Crippen LogP contribution in [0.2, 0.25) is 0 Å². The number of nitrogens with zero attached hydrogens (tertiary/aromatic N) is 1. The van der Waals surface area contributed by atoms with Gasteiger partial charge in [0.2, 0.25) is 5.91 Å². The van der Waals surface area contributed by atoms with Crippen molar-refractivity contribution in [3.8, 4) is 0 Å². The summed E-state index contributed by atoms with van der Waals surface area (Å²) >= 11 is 0. The van der Waals surface area contributed by atoms with E-state index in [1.54, 1.807) is 0 Å². The van der Waals surface area contributed by atoms with Crippen molar-refractivity contribution in [1.82, 2.24) is 4.90 Å². The molecule has 17 heavy (non-hydrogen) atoms. The van der Waals surface area contributed by atoms with Crippen molar-refractivity contribution in [3.05, 3.63) is 0 Å². The summed E-state index contributed by atoms with van der Waals surface area (Å²) in [6, 6.07) is -0.848. The van der Waals surface area contributed by atoms with Crippen LogP contribution in [0, 0.1) is 11.8 Å². The fourth-order valence-corrected chi connectivity index (χ4v) is 2.23. The van der Waals surface area contributed by atoms with Gasteiger partial charge >= 0.3 is 11.9 Å². The molecule has 1 heterocycles. The molecule has 2 N–H and O–H groups in total. The Morgan fingerprint density at radius 3 is 2.41 bits per heavy atom. The van der Waals surface area contributed by atoms with Gasteiger partial charge in [-0.05, 0) is 12.3 Å². The Morgan fingerprint density at radius 2 is 2.00 bits per heavy atom. The SMILES string of the molecule is O=C(O)C1CC(=O)N(C(CC2CC2)C(=O)O)C1. The van der Waals surface area contributed by atoms with E-state index in [9.17, 15) is 14.4 Å². The van der Waals surface area contributed by atoms with Gasteiger partial charge in [-0.15, -0.1) is 0 Å². The van der Waals surface area contributed by atoms with E-state index in [1.807, 2.05) is 0 Å². The molecule has 0 radical (unpaired) electrons. The van der Waals surface area contributed by atoms with E-state index in [1.165, 1.54) is 4.90 Å². The first kappa shape index (κ1) is 11.9. The number of carboxylic acid groups (broad SMARTS) is 2. The fourth-order valence-electron chi connectivity index (χ4n) is 2.23. The Balaban J connectivity index is 2.05. The van der Waals surface area contributed by atoms with E-state index in [4.69, 9.17) is 10.2 Å². The standard InChI is InChI=1S/C11H15NO5/c13-9-4-7(10(14)15)5-12(9)8(11(16)17)3-6-1-2-6/h6-8H,1-5H2,(H,14,15)(H,16,17). The summed E-state index contributed by atoms with van der Waals surface area (Å²) in [6.45, 7) is 0.0256. The summed E-state index contributed by atoms with van der Waals surface area (Å²) in [4.78, 5) is 34.8. The summed E-state index contributed by atoms with van der Waals surface area (Å²) in [5.41, 5.74) is 0. The molecule has 2 aliphatic rings. The number of carboxylic acids is 2. The van der Waals surface area contributed by atoms with Gasteiger partial charge in [0.25, 0.3) is 0 Å². The van der Waals surface area contributed by atoms with Crippen LogP contribution in [0.5, 0.6) is 0 Å². The molecule has 1 saturated heterocycles. The molecule has 0 aromatic heterocycles. The Hall–Kier alpha value is -1.59. The van der Waals surface area contributed by atoms with Crippen molar-refractivity contribution in [1.29, 1.82) is 0 Å². The summed E-state index contributed by atoms with van der Waals surface area (Å²) in [5, 5.41) is 17.9. The monoisotopic (exact) mass is 241 g/mol. The highest BCUT2D eigenvalue weighted by Gasteiger charge is 2.42. The lowest BCUT2D eigenvalue weighted by Crippen LogP contribution is -2.42. The predicted molar refractivity (Wildman–Crippen MR) is 56.2 cm³/mol. The van der Waals surface area contributed by atoms with Crippen LogP contribution < -0.4 is 0 Å². The first-order valence-corrected chi connectivity index (χ1v) is 5.74. The van der Waals surface area contributed by atoms with E-state index >= 15 is 0 Å². The zero-order valence-electron chi connectivity index (χ0n) is 9.33. The molecule has 6 nitrogen and oxygen atoms in total. The maximum absolute atomic E-state index is 11.6. The first-order valence-electron chi connectivity index (χ1n) is 5.74. The summed E-state index contributed by atoms with van der Waals surface area (Å²) in [6.07, 6.45) is 2.39. The maximum atomic E-state index is 11.6. The molecule has 6 heteroatoms. The molecule has 2 fully saturated rings. The Kier molecular flexibility index (Phi) is 3.04. The van der Waals surface area contributed by atoms with Crippen molar-refractivity contribution >= 4 is 17.8 Å². The third-order valence-corrected chi connectivity index (χ3v) is 3.42. The minimum atomic E-state index is -1.03. The van der Waals surface area contributed by atoms with Gasteiger partial charge in [0, 0.05) is 13.0 Å². The van der Waals surface area contributed by atoms with Crippen LogP contribution in [0.15, 0.2) is 0 Å². The number of rotatable bonds is 5. The van der Waals surface area contributed by atoms with Crippen molar-refractivity contribution in [2.24, 2.45) is 11.8 Å². The third kappa shape index (κ3) is 2.57. The molecule has 1 aliphatic heterocycles. The average molecular weight is 241 g/mol. The van der Waals surface area contributed by atoms with Crippen molar-refractivity contribution in [2.75, 3.05) is 6.54 Å². The van der Waals surface area contributed by atoms with Crippen LogP contribution in [0.25, 0.3) is 0 Å². The van der Waals surface area contributed by atoms with Crippen molar-refractivity contribution in [2.45, 2.75) is 31.7 Å². The molecule has 2 atom stereocenters.